The maximum absolute atomic E-state index is 13.0. The van der Waals surface area contributed by atoms with Crippen LogP contribution in [0.15, 0.2) is 4.99 Å². The number of hydrogen-bond donors (Lipinski definition) is 7. The monoisotopic (exact) mass is 497 g/mol. The standard InChI is InChI=1S/C21H35N7O7/c22-21(23)25-10-2-5-14(20(34)35)27-17(31)12(7-8-16(29)30)26-18(32)15-6-3-11-28(15)19(33)13-4-1-9-24-13/h12-15,24H,1-11H2,(H,26,32)(H,27,31)(H,29,30)(H,34,35)(H4,22,23,25). The number of rotatable bonds is 13. The number of guanidine groups is 1. The van der Waals surface area contributed by atoms with E-state index in [-0.39, 0.29) is 43.7 Å². The van der Waals surface area contributed by atoms with Crippen LogP contribution in [0, 0.1) is 0 Å². The van der Waals surface area contributed by atoms with E-state index >= 15 is 0 Å². The Morgan fingerprint density at radius 1 is 1.03 bits per heavy atom. The SMILES string of the molecule is NC(N)=NCCCC(NC(=O)C(CCC(=O)O)NC(=O)C1CCCN1C(=O)C1CCCN1)C(=O)O. The van der Waals surface area contributed by atoms with E-state index in [0.717, 1.165) is 13.0 Å². The highest BCUT2D eigenvalue weighted by Crippen LogP contribution is 2.21. The molecule has 2 aliphatic heterocycles. The van der Waals surface area contributed by atoms with E-state index in [9.17, 15) is 29.1 Å². The van der Waals surface area contributed by atoms with Gasteiger partial charge in [-0.3, -0.25) is 24.2 Å². The molecule has 0 aliphatic carbocycles. The number of nitrogens with two attached hydrogens (primary N) is 2. The van der Waals surface area contributed by atoms with Crippen LogP contribution >= 0.6 is 0 Å². The van der Waals surface area contributed by atoms with E-state index < -0.39 is 48.3 Å². The van der Waals surface area contributed by atoms with Gasteiger partial charge in [0.25, 0.3) is 0 Å². The van der Waals surface area contributed by atoms with Crippen molar-refractivity contribution in [2.24, 2.45) is 16.5 Å². The summed E-state index contributed by atoms with van der Waals surface area (Å²) in [6.07, 6.45) is 2.24. The topological polar surface area (TPSA) is 230 Å². The number of nitrogens with one attached hydrogen (secondary N) is 3. The van der Waals surface area contributed by atoms with Crippen molar-refractivity contribution >= 4 is 35.6 Å². The Hall–Kier alpha value is -3.42. The van der Waals surface area contributed by atoms with Gasteiger partial charge in [0.1, 0.15) is 18.1 Å². The van der Waals surface area contributed by atoms with Gasteiger partial charge in [-0.25, -0.2) is 4.79 Å². The molecule has 0 aromatic heterocycles. The average Bonchev–Trinajstić information content (AvgIpc) is 3.49. The smallest absolute Gasteiger partial charge is 0.326 e. The molecule has 2 heterocycles. The fourth-order valence-corrected chi connectivity index (χ4v) is 4.24. The van der Waals surface area contributed by atoms with Gasteiger partial charge in [0, 0.05) is 19.5 Å². The number of carbonyl (C=O) groups is 5. The minimum Gasteiger partial charge on any atom is -0.481 e. The van der Waals surface area contributed by atoms with Crippen LogP contribution < -0.4 is 27.4 Å². The number of carbonyl (C=O) groups excluding carboxylic acids is 3. The number of aliphatic carboxylic acids is 2. The van der Waals surface area contributed by atoms with E-state index in [1.165, 1.54) is 4.90 Å². The van der Waals surface area contributed by atoms with Crippen LogP contribution in [0.3, 0.4) is 0 Å². The molecule has 3 amide bonds. The number of hydrogen-bond acceptors (Lipinski definition) is 7. The van der Waals surface area contributed by atoms with Crippen molar-refractivity contribution in [1.82, 2.24) is 20.9 Å². The summed E-state index contributed by atoms with van der Waals surface area (Å²) >= 11 is 0. The van der Waals surface area contributed by atoms with Crippen LogP contribution in [0.4, 0.5) is 0 Å². The van der Waals surface area contributed by atoms with Gasteiger partial charge in [0.2, 0.25) is 17.7 Å². The zero-order valence-electron chi connectivity index (χ0n) is 19.6. The Balaban J connectivity index is 2.04. The van der Waals surface area contributed by atoms with Crippen molar-refractivity contribution in [2.75, 3.05) is 19.6 Å². The van der Waals surface area contributed by atoms with E-state index in [1.54, 1.807) is 0 Å². The first kappa shape index (κ1) is 27.8. The number of amides is 3. The third kappa shape index (κ3) is 8.70. The zero-order chi connectivity index (χ0) is 26.0. The van der Waals surface area contributed by atoms with E-state index in [0.29, 0.717) is 25.8 Å². The molecular formula is C21H35N7O7. The normalized spacial score (nSPS) is 21.1. The lowest BCUT2D eigenvalue weighted by atomic mass is 10.1. The number of aliphatic imine (C=N–C) groups is 1. The number of likely N-dealkylation sites (tertiary alicyclic amines) is 1. The van der Waals surface area contributed by atoms with Crippen LogP contribution in [-0.4, -0.2) is 94.5 Å². The fraction of sp³-hybridized carbons (Fsp3) is 0.714. The first-order valence-corrected chi connectivity index (χ1v) is 11.7. The van der Waals surface area contributed by atoms with Crippen LogP contribution in [0.25, 0.3) is 0 Å². The minimum absolute atomic E-state index is 0.0245. The maximum atomic E-state index is 13.0. The maximum Gasteiger partial charge on any atom is 0.326 e. The molecule has 14 nitrogen and oxygen atoms in total. The Morgan fingerprint density at radius 2 is 1.77 bits per heavy atom. The van der Waals surface area contributed by atoms with Gasteiger partial charge in [-0.2, -0.15) is 0 Å². The lowest BCUT2D eigenvalue weighted by molar-refractivity contribution is -0.144. The Morgan fingerprint density at radius 3 is 2.37 bits per heavy atom. The van der Waals surface area contributed by atoms with Crippen LogP contribution in [0.1, 0.15) is 51.4 Å². The second kappa shape index (κ2) is 13.5. The van der Waals surface area contributed by atoms with Gasteiger partial charge in [-0.1, -0.05) is 0 Å². The summed E-state index contributed by atoms with van der Waals surface area (Å²) < 4.78 is 0. The van der Waals surface area contributed by atoms with Crippen LogP contribution in [0.2, 0.25) is 0 Å². The van der Waals surface area contributed by atoms with E-state index in [1.807, 2.05) is 0 Å². The summed E-state index contributed by atoms with van der Waals surface area (Å²) in [4.78, 5) is 66.6. The highest BCUT2D eigenvalue weighted by atomic mass is 16.4. The molecule has 2 fully saturated rings. The first-order valence-electron chi connectivity index (χ1n) is 11.7. The lowest BCUT2D eigenvalue weighted by Gasteiger charge is -2.28. The molecule has 2 rings (SSSR count). The van der Waals surface area contributed by atoms with Crippen LogP contribution in [0.5, 0.6) is 0 Å². The summed E-state index contributed by atoms with van der Waals surface area (Å²) in [7, 11) is 0. The predicted octanol–water partition coefficient (Wildman–Crippen LogP) is -2.30. The second-order valence-corrected chi connectivity index (χ2v) is 8.68. The molecule has 0 spiro atoms. The Labute approximate surface area is 202 Å². The molecule has 9 N–H and O–H groups in total. The molecule has 0 bridgehead atoms. The highest BCUT2D eigenvalue weighted by molar-refractivity contribution is 5.94. The van der Waals surface area contributed by atoms with Crippen molar-refractivity contribution in [3.63, 3.8) is 0 Å². The molecule has 4 unspecified atom stereocenters. The van der Waals surface area contributed by atoms with Crippen molar-refractivity contribution in [1.29, 1.82) is 0 Å². The Kier molecular flexibility index (Phi) is 10.7. The van der Waals surface area contributed by atoms with Crippen molar-refractivity contribution < 1.29 is 34.2 Å². The molecule has 0 aromatic rings. The number of nitrogens with zero attached hydrogens (tertiary/aromatic N) is 2. The summed E-state index contributed by atoms with van der Waals surface area (Å²) in [6.45, 7) is 1.32. The second-order valence-electron chi connectivity index (χ2n) is 8.68. The molecule has 14 heteroatoms. The predicted molar refractivity (Wildman–Crippen MR) is 124 cm³/mol. The van der Waals surface area contributed by atoms with Crippen molar-refractivity contribution in [3.05, 3.63) is 0 Å². The van der Waals surface area contributed by atoms with Gasteiger partial charge in [0.15, 0.2) is 5.96 Å². The van der Waals surface area contributed by atoms with E-state index in [2.05, 4.69) is 20.9 Å². The molecule has 0 saturated carbocycles. The van der Waals surface area contributed by atoms with E-state index in [4.69, 9.17) is 16.6 Å². The van der Waals surface area contributed by atoms with Crippen molar-refractivity contribution in [2.45, 2.75) is 75.5 Å². The average molecular weight is 498 g/mol. The molecule has 2 saturated heterocycles. The molecule has 4 atom stereocenters. The lowest BCUT2D eigenvalue weighted by Crippen LogP contribution is -2.56. The summed E-state index contributed by atoms with van der Waals surface area (Å²) in [5.74, 6) is -4.16. The number of carboxylic acid groups (broad SMARTS) is 2. The molecule has 2 aliphatic rings. The highest BCUT2D eigenvalue weighted by Gasteiger charge is 2.39. The minimum atomic E-state index is -1.29. The molecular weight excluding hydrogens is 462 g/mol. The first-order chi connectivity index (χ1) is 16.6. The van der Waals surface area contributed by atoms with Gasteiger partial charge in [-0.05, 0) is 51.5 Å². The van der Waals surface area contributed by atoms with Gasteiger partial charge >= 0.3 is 11.9 Å². The van der Waals surface area contributed by atoms with Gasteiger partial charge in [0.05, 0.1) is 6.04 Å². The number of carboxylic acids is 2. The quantitative estimate of drug-likeness (QED) is 0.0817. The largest absolute Gasteiger partial charge is 0.481 e. The summed E-state index contributed by atoms with van der Waals surface area (Å²) in [6, 6.07) is -3.68. The molecule has 0 radical (unpaired) electrons. The third-order valence-corrected chi connectivity index (χ3v) is 6.04. The fourth-order valence-electron chi connectivity index (χ4n) is 4.24. The van der Waals surface area contributed by atoms with Gasteiger partial charge in [-0.15, -0.1) is 0 Å². The van der Waals surface area contributed by atoms with Crippen molar-refractivity contribution in [3.8, 4) is 0 Å². The Bertz CT molecular complexity index is 825. The third-order valence-electron chi connectivity index (χ3n) is 6.04. The zero-order valence-corrected chi connectivity index (χ0v) is 19.6. The molecule has 196 valence electrons. The molecule has 0 aromatic carbocycles. The van der Waals surface area contributed by atoms with Crippen LogP contribution in [-0.2, 0) is 24.0 Å². The summed E-state index contributed by atoms with van der Waals surface area (Å²) in [5.41, 5.74) is 10.5. The molecule has 35 heavy (non-hydrogen) atoms. The van der Waals surface area contributed by atoms with Gasteiger partial charge < -0.3 is 42.5 Å². The summed E-state index contributed by atoms with van der Waals surface area (Å²) in [5, 5.41) is 26.5.